The molecule has 0 unspecified atom stereocenters. The summed E-state index contributed by atoms with van der Waals surface area (Å²) < 4.78 is 6.20. The van der Waals surface area contributed by atoms with Crippen LogP contribution in [-0.2, 0) is 15.6 Å². The van der Waals surface area contributed by atoms with Gasteiger partial charge in [0.25, 0.3) is 0 Å². The Labute approximate surface area is 186 Å². The maximum absolute atomic E-state index is 11.1. The molecule has 0 aliphatic heterocycles. The Morgan fingerprint density at radius 1 is 1.03 bits per heavy atom. The molecule has 0 aromatic heterocycles. The van der Waals surface area contributed by atoms with Crippen molar-refractivity contribution in [2.75, 3.05) is 6.61 Å². The first-order valence-electron chi connectivity index (χ1n) is 11.3. The van der Waals surface area contributed by atoms with Gasteiger partial charge in [0, 0.05) is 12.2 Å². The van der Waals surface area contributed by atoms with E-state index in [2.05, 4.69) is 64.7 Å². The Kier molecular flexibility index (Phi) is 6.92. The van der Waals surface area contributed by atoms with Crippen molar-refractivity contribution in [1.29, 1.82) is 0 Å². The number of ether oxygens (including phenoxy) is 1. The van der Waals surface area contributed by atoms with E-state index in [9.17, 15) is 4.79 Å². The van der Waals surface area contributed by atoms with Crippen molar-refractivity contribution in [3.63, 3.8) is 0 Å². The summed E-state index contributed by atoms with van der Waals surface area (Å²) in [5.74, 6) is 5.55. The molecule has 0 bridgehead atoms. The molecule has 1 aliphatic carbocycles. The highest BCUT2D eigenvalue weighted by molar-refractivity contribution is 5.87. The molecule has 164 valence electrons. The van der Waals surface area contributed by atoms with Crippen LogP contribution in [0.5, 0.6) is 0 Å². The molecule has 0 spiro atoms. The second kappa shape index (κ2) is 9.28. The first-order valence-corrected chi connectivity index (χ1v) is 11.3. The smallest absolute Gasteiger partial charge is 0.335 e. The van der Waals surface area contributed by atoms with Gasteiger partial charge in [0.1, 0.15) is 6.10 Å². The van der Waals surface area contributed by atoms with E-state index in [0.29, 0.717) is 6.61 Å². The Morgan fingerprint density at radius 2 is 1.68 bits per heavy atom. The number of carboxylic acids is 1. The molecule has 31 heavy (non-hydrogen) atoms. The van der Waals surface area contributed by atoms with Gasteiger partial charge >= 0.3 is 5.97 Å². The van der Waals surface area contributed by atoms with Gasteiger partial charge in [0.15, 0.2) is 0 Å². The SMILES string of the molecule is CCCCO[C@@H](C#Cc1ccc(C(=O)O)cc1)c1ccc2c(c1)C(C)(C)CCC2(C)C. The maximum atomic E-state index is 11.1. The van der Waals surface area contributed by atoms with Crippen LogP contribution >= 0.6 is 0 Å². The van der Waals surface area contributed by atoms with Crippen LogP contribution < -0.4 is 0 Å². The van der Waals surface area contributed by atoms with Gasteiger partial charge in [-0.15, -0.1) is 0 Å². The lowest BCUT2D eigenvalue weighted by Crippen LogP contribution is -2.34. The van der Waals surface area contributed by atoms with Crippen molar-refractivity contribution in [3.8, 4) is 11.8 Å². The van der Waals surface area contributed by atoms with Crippen LogP contribution in [0.4, 0.5) is 0 Å². The molecular weight excluding hydrogens is 384 g/mol. The molecule has 2 aromatic carbocycles. The minimum Gasteiger partial charge on any atom is -0.478 e. The highest BCUT2D eigenvalue weighted by Gasteiger charge is 2.37. The van der Waals surface area contributed by atoms with Crippen molar-refractivity contribution in [2.45, 2.75) is 77.2 Å². The molecule has 1 N–H and O–H groups in total. The molecule has 0 saturated heterocycles. The molecule has 1 aliphatic rings. The zero-order chi connectivity index (χ0) is 22.6. The number of rotatable bonds is 6. The van der Waals surface area contributed by atoms with Crippen LogP contribution in [0.15, 0.2) is 42.5 Å². The minimum absolute atomic E-state index is 0.134. The lowest BCUT2D eigenvalue weighted by atomic mass is 9.63. The normalized spacial score (nSPS) is 17.2. The fraction of sp³-hybridized carbons (Fsp3) is 0.464. The van der Waals surface area contributed by atoms with Gasteiger partial charge < -0.3 is 9.84 Å². The van der Waals surface area contributed by atoms with Crippen LogP contribution in [0, 0.1) is 11.8 Å². The van der Waals surface area contributed by atoms with Crippen LogP contribution in [0.2, 0.25) is 0 Å². The van der Waals surface area contributed by atoms with Gasteiger partial charge in [-0.05, 0) is 71.0 Å². The van der Waals surface area contributed by atoms with Crippen molar-refractivity contribution in [1.82, 2.24) is 0 Å². The third-order valence-corrected chi connectivity index (χ3v) is 6.44. The highest BCUT2D eigenvalue weighted by Crippen LogP contribution is 2.46. The number of fused-ring (bicyclic) bond motifs is 1. The fourth-order valence-corrected chi connectivity index (χ4v) is 4.18. The van der Waals surface area contributed by atoms with Gasteiger partial charge in [-0.2, -0.15) is 0 Å². The molecule has 0 radical (unpaired) electrons. The molecule has 1 atom stereocenters. The largest absolute Gasteiger partial charge is 0.478 e. The van der Waals surface area contributed by atoms with E-state index in [1.807, 2.05) is 0 Å². The van der Waals surface area contributed by atoms with E-state index in [4.69, 9.17) is 9.84 Å². The van der Waals surface area contributed by atoms with Crippen LogP contribution in [-0.4, -0.2) is 17.7 Å². The van der Waals surface area contributed by atoms with Crippen LogP contribution in [0.25, 0.3) is 0 Å². The first kappa shape index (κ1) is 23.1. The molecule has 0 fully saturated rings. The number of unbranched alkanes of at least 4 members (excludes halogenated alkanes) is 1. The lowest BCUT2D eigenvalue weighted by molar-refractivity contribution is 0.0697. The van der Waals surface area contributed by atoms with Crippen LogP contribution in [0.3, 0.4) is 0 Å². The number of carbonyl (C=O) groups is 1. The summed E-state index contributed by atoms with van der Waals surface area (Å²) in [5, 5.41) is 9.08. The predicted molar refractivity (Wildman–Crippen MR) is 126 cm³/mol. The van der Waals surface area contributed by atoms with Gasteiger partial charge in [-0.25, -0.2) is 4.79 Å². The molecule has 2 aromatic rings. The average Bonchev–Trinajstić information content (AvgIpc) is 2.74. The summed E-state index contributed by atoms with van der Waals surface area (Å²) in [6, 6.07) is 13.4. The Bertz CT molecular complexity index is 987. The van der Waals surface area contributed by atoms with E-state index >= 15 is 0 Å². The standard InChI is InChI=1S/C28H34O3/c1-6-7-18-31-25(15-10-20-8-11-21(12-9-20)26(29)30)22-13-14-23-24(19-22)28(4,5)17-16-27(23,2)3/h8-9,11-14,19,25H,6-7,16-18H2,1-5H3,(H,29,30)/t25-/m0/s1. The molecule has 3 nitrogen and oxygen atoms in total. The summed E-state index contributed by atoms with van der Waals surface area (Å²) >= 11 is 0. The van der Waals surface area contributed by atoms with Gasteiger partial charge in [-0.3, -0.25) is 0 Å². The van der Waals surface area contributed by atoms with Gasteiger partial charge in [0.05, 0.1) is 5.56 Å². The number of hydrogen-bond acceptors (Lipinski definition) is 2. The number of carboxylic acid groups (broad SMARTS) is 1. The molecular formula is C28H34O3. The Hall–Kier alpha value is -2.57. The summed E-state index contributed by atoms with van der Waals surface area (Å²) in [4.78, 5) is 11.1. The van der Waals surface area contributed by atoms with Crippen molar-refractivity contribution in [2.24, 2.45) is 0 Å². The monoisotopic (exact) mass is 418 g/mol. The maximum Gasteiger partial charge on any atom is 0.335 e. The summed E-state index contributed by atoms with van der Waals surface area (Å²) in [5.41, 5.74) is 5.29. The Balaban J connectivity index is 1.95. The second-order valence-electron chi connectivity index (χ2n) is 9.83. The van der Waals surface area contributed by atoms with E-state index in [1.165, 1.54) is 24.0 Å². The third-order valence-electron chi connectivity index (χ3n) is 6.44. The summed E-state index contributed by atoms with van der Waals surface area (Å²) in [6.07, 6.45) is 4.11. The lowest BCUT2D eigenvalue weighted by Gasteiger charge is -2.42. The van der Waals surface area contributed by atoms with Crippen molar-refractivity contribution >= 4 is 5.97 Å². The van der Waals surface area contributed by atoms with E-state index in [1.54, 1.807) is 24.3 Å². The average molecular weight is 419 g/mol. The second-order valence-corrected chi connectivity index (χ2v) is 9.83. The molecule has 3 rings (SSSR count). The number of hydrogen-bond donors (Lipinski definition) is 1. The van der Waals surface area contributed by atoms with Crippen molar-refractivity contribution < 1.29 is 14.6 Å². The fourth-order valence-electron chi connectivity index (χ4n) is 4.18. The molecule has 0 heterocycles. The Morgan fingerprint density at radius 3 is 2.29 bits per heavy atom. The van der Waals surface area contributed by atoms with E-state index in [0.717, 1.165) is 24.0 Å². The van der Waals surface area contributed by atoms with Gasteiger partial charge in [-0.1, -0.05) is 71.1 Å². The van der Waals surface area contributed by atoms with E-state index in [-0.39, 0.29) is 22.5 Å². The zero-order valence-corrected chi connectivity index (χ0v) is 19.4. The molecule has 3 heteroatoms. The van der Waals surface area contributed by atoms with Crippen molar-refractivity contribution in [3.05, 3.63) is 70.3 Å². The minimum atomic E-state index is -0.931. The van der Waals surface area contributed by atoms with E-state index < -0.39 is 5.97 Å². The molecule has 0 amide bonds. The highest BCUT2D eigenvalue weighted by atomic mass is 16.5. The summed E-state index contributed by atoms with van der Waals surface area (Å²) in [7, 11) is 0. The third kappa shape index (κ3) is 5.38. The van der Waals surface area contributed by atoms with Gasteiger partial charge in [0.2, 0.25) is 0 Å². The van der Waals surface area contributed by atoms with Crippen LogP contribution in [0.1, 0.15) is 99.0 Å². The first-order chi connectivity index (χ1) is 14.6. The molecule has 0 saturated carbocycles. The number of benzene rings is 2. The topological polar surface area (TPSA) is 46.5 Å². The summed E-state index contributed by atoms with van der Waals surface area (Å²) in [6.45, 7) is 12.1. The predicted octanol–water partition coefficient (Wildman–Crippen LogP) is 6.64. The zero-order valence-electron chi connectivity index (χ0n) is 19.4. The quantitative estimate of drug-likeness (QED) is 0.422. The number of aromatic carboxylic acids is 1.